The van der Waals surface area contributed by atoms with Crippen molar-refractivity contribution in [1.29, 1.82) is 0 Å². The average molecular weight is 313 g/mol. The van der Waals surface area contributed by atoms with E-state index in [2.05, 4.69) is 6.58 Å². The van der Waals surface area contributed by atoms with Crippen LogP contribution in [0.4, 0.5) is 0 Å². The Morgan fingerprint density at radius 2 is 2.00 bits per heavy atom. The second-order valence-electron chi connectivity index (χ2n) is 5.58. The summed E-state index contributed by atoms with van der Waals surface area (Å²) in [5.74, 6) is -0.755. The van der Waals surface area contributed by atoms with E-state index in [1.54, 1.807) is 0 Å². The Bertz CT molecular complexity index is 498. The SMILES string of the molecule is C=C(CC1OC(C)(C)OC1C(O)OC)c1ccc(Cl)cc1. The maximum absolute atomic E-state index is 9.91. The molecule has 1 fully saturated rings. The Labute approximate surface area is 130 Å². The maximum atomic E-state index is 9.91. The van der Waals surface area contributed by atoms with E-state index in [9.17, 15) is 5.11 Å². The highest BCUT2D eigenvalue weighted by Crippen LogP contribution is 2.35. The molecule has 0 aromatic heterocycles. The van der Waals surface area contributed by atoms with Gasteiger partial charge in [0, 0.05) is 18.6 Å². The number of benzene rings is 1. The molecule has 3 unspecified atom stereocenters. The molecular weight excluding hydrogens is 292 g/mol. The topological polar surface area (TPSA) is 47.9 Å². The highest BCUT2D eigenvalue weighted by Gasteiger charge is 2.45. The molecule has 0 aliphatic carbocycles. The molecule has 0 saturated carbocycles. The van der Waals surface area contributed by atoms with E-state index < -0.39 is 18.2 Å². The minimum atomic E-state index is -1.03. The van der Waals surface area contributed by atoms with Crippen molar-refractivity contribution in [3.8, 4) is 0 Å². The van der Waals surface area contributed by atoms with Crippen LogP contribution in [0.15, 0.2) is 30.8 Å². The van der Waals surface area contributed by atoms with Crippen molar-refractivity contribution in [2.24, 2.45) is 0 Å². The summed E-state index contributed by atoms with van der Waals surface area (Å²) in [5, 5.41) is 10.6. The molecule has 0 amide bonds. The van der Waals surface area contributed by atoms with Crippen molar-refractivity contribution in [1.82, 2.24) is 0 Å². The standard InChI is InChI=1S/C16H21ClO4/c1-10(11-5-7-12(17)8-6-11)9-13-14(15(18)19-4)21-16(2,3)20-13/h5-8,13-15,18H,1,9H2,2-4H3. The predicted octanol–water partition coefficient (Wildman–Crippen LogP) is 3.23. The van der Waals surface area contributed by atoms with Crippen molar-refractivity contribution in [2.75, 3.05) is 7.11 Å². The van der Waals surface area contributed by atoms with Gasteiger partial charge in [0.25, 0.3) is 0 Å². The molecule has 3 atom stereocenters. The van der Waals surface area contributed by atoms with Gasteiger partial charge < -0.3 is 19.3 Å². The lowest BCUT2D eigenvalue weighted by atomic mass is 9.99. The van der Waals surface area contributed by atoms with Crippen LogP contribution in [0.3, 0.4) is 0 Å². The van der Waals surface area contributed by atoms with Crippen LogP contribution in [-0.4, -0.2) is 36.5 Å². The molecule has 1 aliphatic heterocycles. The highest BCUT2D eigenvalue weighted by molar-refractivity contribution is 6.30. The first-order valence-electron chi connectivity index (χ1n) is 6.82. The molecule has 1 aliphatic rings. The third kappa shape index (κ3) is 4.05. The van der Waals surface area contributed by atoms with Crippen LogP contribution in [0.1, 0.15) is 25.8 Å². The van der Waals surface area contributed by atoms with Crippen LogP contribution in [0, 0.1) is 0 Å². The summed E-state index contributed by atoms with van der Waals surface area (Å²) >= 11 is 5.88. The zero-order valence-electron chi connectivity index (χ0n) is 12.5. The van der Waals surface area contributed by atoms with E-state index in [0.717, 1.165) is 11.1 Å². The number of ether oxygens (including phenoxy) is 3. The normalized spacial score (nSPS) is 25.8. The molecule has 21 heavy (non-hydrogen) atoms. The summed E-state index contributed by atoms with van der Waals surface area (Å²) in [6.07, 6.45) is -1.36. The largest absolute Gasteiger partial charge is 0.366 e. The van der Waals surface area contributed by atoms with Gasteiger partial charge in [0.15, 0.2) is 12.1 Å². The first kappa shape index (κ1) is 16.5. The van der Waals surface area contributed by atoms with Crippen LogP contribution in [-0.2, 0) is 14.2 Å². The van der Waals surface area contributed by atoms with Crippen molar-refractivity contribution in [3.63, 3.8) is 0 Å². The molecule has 4 nitrogen and oxygen atoms in total. The van der Waals surface area contributed by atoms with Gasteiger partial charge in [0.1, 0.15) is 6.10 Å². The zero-order chi connectivity index (χ0) is 15.6. The first-order chi connectivity index (χ1) is 9.82. The minimum Gasteiger partial charge on any atom is -0.366 e. The molecule has 1 aromatic carbocycles. The number of methoxy groups -OCH3 is 1. The van der Waals surface area contributed by atoms with Gasteiger partial charge >= 0.3 is 0 Å². The summed E-state index contributed by atoms with van der Waals surface area (Å²) in [4.78, 5) is 0. The Morgan fingerprint density at radius 1 is 1.38 bits per heavy atom. The monoisotopic (exact) mass is 312 g/mol. The molecular formula is C16H21ClO4. The fraction of sp³-hybridized carbons (Fsp3) is 0.500. The van der Waals surface area contributed by atoms with E-state index >= 15 is 0 Å². The first-order valence-corrected chi connectivity index (χ1v) is 7.20. The summed E-state index contributed by atoms with van der Waals surface area (Å²) in [7, 11) is 1.43. The van der Waals surface area contributed by atoms with E-state index in [1.807, 2.05) is 38.1 Å². The van der Waals surface area contributed by atoms with Crippen LogP contribution < -0.4 is 0 Å². The predicted molar refractivity (Wildman–Crippen MR) is 81.9 cm³/mol. The fourth-order valence-electron chi connectivity index (χ4n) is 2.44. The molecule has 2 rings (SSSR count). The number of hydrogen-bond donors (Lipinski definition) is 1. The number of aliphatic hydroxyl groups is 1. The summed E-state index contributed by atoms with van der Waals surface area (Å²) in [6, 6.07) is 7.46. The quantitative estimate of drug-likeness (QED) is 0.848. The second kappa shape index (κ2) is 6.46. The van der Waals surface area contributed by atoms with Crippen LogP contribution in [0.2, 0.25) is 5.02 Å². The van der Waals surface area contributed by atoms with Gasteiger partial charge in [-0.1, -0.05) is 30.3 Å². The summed E-state index contributed by atoms with van der Waals surface area (Å²) in [5.41, 5.74) is 1.88. The van der Waals surface area contributed by atoms with Crippen molar-refractivity contribution in [2.45, 2.75) is 44.6 Å². The van der Waals surface area contributed by atoms with Crippen molar-refractivity contribution in [3.05, 3.63) is 41.4 Å². The van der Waals surface area contributed by atoms with Gasteiger partial charge in [0.2, 0.25) is 0 Å². The Hall–Kier alpha value is -0.910. The van der Waals surface area contributed by atoms with Crippen LogP contribution in [0.5, 0.6) is 0 Å². The van der Waals surface area contributed by atoms with Gasteiger partial charge in [0.05, 0.1) is 6.10 Å². The van der Waals surface area contributed by atoms with Gasteiger partial charge in [-0.3, -0.25) is 0 Å². The number of aliphatic hydroxyl groups excluding tert-OH is 1. The zero-order valence-corrected chi connectivity index (χ0v) is 13.3. The van der Waals surface area contributed by atoms with Gasteiger partial charge in [-0.05, 0) is 37.1 Å². The molecule has 5 heteroatoms. The Kier molecular flexibility index (Phi) is 5.07. The van der Waals surface area contributed by atoms with E-state index in [1.165, 1.54) is 7.11 Å². The van der Waals surface area contributed by atoms with Crippen LogP contribution in [0.25, 0.3) is 5.57 Å². The highest BCUT2D eigenvalue weighted by atomic mass is 35.5. The maximum Gasteiger partial charge on any atom is 0.183 e. The van der Waals surface area contributed by atoms with E-state index in [0.29, 0.717) is 11.4 Å². The number of halogens is 1. The molecule has 0 radical (unpaired) electrons. The third-order valence-corrected chi connectivity index (χ3v) is 3.70. The lowest BCUT2D eigenvalue weighted by Crippen LogP contribution is -2.36. The number of rotatable bonds is 5. The lowest BCUT2D eigenvalue weighted by molar-refractivity contribution is -0.191. The minimum absolute atomic E-state index is 0.321. The second-order valence-corrected chi connectivity index (χ2v) is 6.02. The average Bonchev–Trinajstić information content (AvgIpc) is 2.73. The Morgan fingerprint density at radius 3 is 2.57 bits per heavy atom. The summed E-state index contributed by atoms with van der Waals surface area (Å²) < 4.78 is 16.5. The van der Waals surface area contributed by atoms with E-state index in [-0.39, 0.29) is 6.10 Å². The molecule has 1 N–H and O–H groups in total. The molecule has 0 bridgehead atoms. The third-order valence-electron chi connectivity index (χ3n) is 3.44. The lowest BCUT2D eigenvalue weighted by Gasteiger charge is -2.21. The molecule has 116 valence electrons. The molecule has 1 saturated heterocycles. The molecule has 1 heterocycles. The van der Waals surface area contributed by atoms with Gasteiger partial charge in [-0.15, -0.1) is 0 Å². The molecule has 1 aromatic rings. The van der Waals surface area contributed by atoms with Crippen molar-refractivity contribution >= 4 is 17.2 Å². The molecule has 0 spiro atoms. The van der Waals surface area contributed by atoms with Gasteiger partial charge in [-0.2, -0.15) is 0 Å². The van der Waals surface area contributed by atoms with Gasteiger partial charge in [-0.25, -0.2) is 0 Å². The smallest absolute Gasteiger partial charge is 0.183 e. The Balaban J connectivity index is 2.09. The summed E-state index contributed by atoms with van der Waals surface area (Å²) in [6.45, 7) is 7.71. The number of hydrogen-bond acceptors (Lipinski definition) is 4. The van der Waals surface area contributed by atoms with Crippen molar-refractivity contribution < 1.29 is 19.3 Å². The van der Waals surface area contributed by atoms with Crippen LogP contribution >= 0.6 is 11.6 Å². The van der Waals surface area contributed by atoms with E-state index in [4.69, 9.17) is 25.8 Å². The fourth-order valence-corrected chi connectivity index (χ4v) is 2.57.